The van der Waals surface area contributed by atoms with E-state index in [0.29, 0.717) is 58.5 Å². The van der Waals surface area contributed by atoms with Crippen molar-refractivity contribution in [1.82, 2.24) is 9.80 Å². The fourth-order valence-corrected chi connectivity index (χ4v) is 5.22. The van der Waals surface area contributed by atoms with Crippen LogP contribution in [0.3, 0.4) is 0 Å². The Bertz CT molecular complexity index is 1110. The van der Waals surface area contributed by atoms with Crippen LogP contribution < -0.4 is 9.47 Å². The quantitative estimate of drug-likeness (QED) is 0.431. The molecule has 0 spiro atoms. The van der Waals surface area contributed by atoms with Crippen molar-refractivity contribution in [2.45, 2.75) is 70.7 Å². The van der Waals surface area contributed by atoms with Gasteiger partial charge in [0.05, 0.1) is 20.3 Å². The smallest absolute Gasteiger partial charge is 0.410 e. The molecule has 2 aromatic rings. The Morgan fingerprint density at radius 1 is 1.00 bits per heavy atom. The van der Waals surface area contributed by atoms with Crippen molar-refractivity contribution in [2.75, 3.05) is 33.4 Å². The predicted octanol–water partition coefficient (Wildman–Crippen LogP) is 5.44. The van der Waals surface area contributed by atoms with Gasteiger partial charge < -0.3 is 28.7 Å². The third-order valence-electron chi connectivity index (χ3n) is 7.33. The van der Waals surface area contributed by atoms with Gasteiger partial charge in [0.15, 0.2) is 0 Å². The highest BCUT2D eigenvalue weighted by molar-refractivity contribution is 5.79. The first-order chi connectivity index (χ1) is 19.1. The minimum atomic E-state index is -0.630. The SMILES string of the molecule is COc1ccc(OCC2CN(C(=O)C3CCC(N(Cc4ccc(F)cc4)C(=O)OC(C)(C)C)CC3)CCO2)cc1. The van der Waals surface area contributed by atoms with Gasteiger partial charge in [-0.1, -0.05) is 12.1 Å². The molecule has 2 fully saturated rings. The highest BCUT2D eigenvalue weighted by atomic mass is 19.1. The lowest BCUT2D eigenvalue weighted by atomic mass is 9.84. The maximum atomic E-state index is 13.4. The average molecular weight is 557 g/mol. The molecule has 4 rings (SSSR count). The normalized spacial score (nSPS) is 21.4. The molecule has 1 saturated carbocycles. The largest absolute Gasteiger partial charge is 0.497 e. The zero-order valence-corrected chi connectivity index (χ0v) is 23.9. The van der Waals surface area contributed by atoms with E-state index in [4.69, 9.17) is 18.9 Å². The third kappa shape index (κ3) is 8.34. The summed E-state index contributed by atoms with van der Waals surface area (Å²) in [5, 5.41) is 0. The van der Waals surface area contributed by atoms with E-state index in [9.17, 15) is 14.0 Å². The Hall–Kier alpha value is -3.33. The standard InChI is InChI=1S/C31H41FN2O6/c1-31(2,3)40-30(36)34(19-22-5-9-24(32)10-6-22)25-11-7-23(8-12-25)29(35)33-17-18-38-28(20-33)21-39-27-15-13-26(37-4)14-16-27/h5-6,9-10,13-16,23,25,28H,7-8,11-12,17-21H2,1-4H3. The molecule has 0 N–H and O–H groups in total. The number of nitrogens with zero attached hydrogens (tertiary/aromatic N) is 2. The van der Waals surface area contributed by atoms with Crippen molar-refractivity contribution in [1.29, 1.82) is 0 Å². The van der Waals surface area contributed by atoms with Crippen LogP contribution >= 0.6 is 0 Å². The summed E-state index contributed by atoms with van der Waals surface area (Å²) in [6, 6.07) is 13.5. The van der Waals surface area contributed by atoms with Gasteiger partial charge in [-0.25, -0.2) is 9.18 Å². The molecule has 1 saturated heterocycles. The highest BCUT2D eigenvalue weighted by Crippen LogP contribution is 2.31. The van der Waals surface area contributed by atoms with Crippen LogP contribution in [0.25, 0.3) is 0 Å². The number of ether oxygens (including phenoxy) is 4. The summed E-state index contributed by atoms with van der Waals surface area (Å²) in [6.45, 7) is 7.74. The number of hydrogen-bond acceptors (Lipinski definition) is 6. The van der Waals surface area contributed by atoms with Crippen LogP contribution in [-0.2, 0) is 20.8 Å². The van der Waals surface area contributed by atoms with E-state index in [-0.39, 0.29) is 35.9 Å². The van der Waals surface area contributed by atoms with Gasteiger partial charge in [0.1, 0.15) is 35.6 Å². The van der Waals surface area contributed by atoms with E-state index in [1.54, 1.807) is 24.1 Å². The van der Waals surface area contributed by atoms with Gasteiger partial charge in [0.25, 0.3) is 0 Å². The Morgan fingerprint density at radius 2 is 1.65 bits per heavy atom. The van der Waals surface area contributed by atoms with E-state index < -0.39 is 5.60 Å². The van der Waals surface area contributed by atoms with Gasteiger partial charge in [-0.2, -0.15) is 0 Å². The lowest BCUT2D eigenvalue weighted by Crippen LogP contribution is -2.51. The molecule has 218 valence electrons. The fourth-order valence-electron chi connectivity index (χ4n) is 5.22. The highest BCUT2D eigenvalue weighted by Gasteiger charge is 2.36. The first-order valence-electron chi connectivity index (χ1n) is 14.0. The molecule has 2 aromatic carbocycles. The van der Waals surface area contributed by atoms with Crippen LogP contribution in [0, 0.1) is 11.7 Å². The van der Waals surface area contributed by atoms with Gasteiger partial charge in [0, 0.05) is 25.0 Å². The number of amides is 2. The minimum Gasteiger partial charge on any atom is -0.497 e. The van der Waals surface area contributed by atoms with Crippen LogP contribution in [0.4, 0.5) is 9.18 Å². The van der Waals surface area contributed by atoms with Gasteiger partial charge in [-0.05, 0) is 88.4 Å². The molecule has 2 amide bonds. The first-order valence-corrected chi connectivity index (χ1v) is 14.0. The molecule has 1 unspecified atom stereocenters. The van der Waals surface area contributed by atoms with Gasteiger partial charge in [-0.3, -0.25) is 4.79 Å². The summed E-state index contributed by atoms with van der Waals surface area (Å²) in [6.07, 6.45) is 2.19. The maximum Gasteiger partial charge on any atom is 0.410 e. The van der Waals surface area contributed by atoms with Crippen molar-refractivity contribution in [2.24, 2.45) is 5.92 Å². The Morgan fingerprint density at radius 3 is 2.27 bits per heavy atom. The maximum absolute atomic E-state index is 13.4. The molecular weight excluding hydrogens is 515 g/mol. The lowest BCUT2D eigenvalue weighted by Gasteiger charge is -2.39. The van der Waals surface area contributed by atoms with Crippen molar-refractivity contribution >= 4 is 12.0 Å². The molecular formula is C31H41FN2O6. The van der Waals surface area contributed by atoms with E-state index in [1.165, 1.54) is 12.1 Å². The second kappa shape index (κ2) is 13.4. The van der Waals surface area contributed by atoms with Crippen LogP contribution in [-0.4, -0.2) is 73.0 Å². The van der Waals surface area contributed by atoms with Crippen molar-refractivity contribution in [3.05, 3.63) is 59.9 Å². The van der Waals surface area contributed by atoms with E-state index in [2.05, 4.69) is 0 Å². The Balaban J connectivity index is 1.31. The van der Waals surface area contributed by atoms with Crippen LogP contribution in [0.5, 0.6) is 11.5 Å². The number of methoxy groups -OCH3 is 1. The van der Waals surface area contributed by atoms with E-state index in [0.717, 1.165) is 17.1 Å². The number of benzene rings is 2. The fraction of sp³-hybridized carbons (Fsp3) is 0.548. The number of morpholine rings is 1. The molecule has 40 heavy (non-hydrogen) atoms. The summed E-state index contributed by atoms with van der Waals surface area (Å²) in [5.41, 5.74) is 0.205. The summed E-state index contributed by atoms with van der Waals surface area (Å²) >= 11 is 0. The summed E-state index contributed by atoms with van der Waals surface area (Å²) in [5.74, 6) is 1.21. The molecule has 2 aliphatic rings. The molecule has 1 aliphatic carbocycles. The number of carbonyl (C=O) groups is 2. The molecule has 1 aliphatic heterocycles. The summed E-state index contributed by atoms with van der Waals surface area (Å²) < 4.78 is 36.1. The minimum absolute atomic E-state index is 0.0562. The number of rotatable bonds is 8. The summed E-state index contributed by atoms with van der Waals surface area (Å²) in [7, 11) is 1.62. The molecule has 0 radical (unpaired) electrons. The molecule has 1 heterocycles. The van der Waals surface area contributed by atoms with Crippen LogP contribution in [0.2, 0.25) is 0 Å². The zero-order chi connectivity index (χ0) is 28.7. The monoisotopic (exact) mass is 556 g/mol. The second-order valence-corrected chi connectivity index (χ2v) is 11.5. The Kier molecular flexibility index (Phi) is 9.90. The molecule has 0 aromatic heterocycles. The topological polar surface area (TPSA) is 77.5 Å². The number of halogens is 1. The van der Waals surface area contributed by atoms with Crippen molar-refractivity contribution in [3.8, 4) is 11.5 Å². The van der Waals surface area contributed by atoms with Crippen molar-refractivity contribution < 1.29 is 32.9 Å². The average Bonchev–Trinajstić information content (AvgIpc) is 2.95. The first kappa shape index (κ1) is 29.6. The van der Waals surface area contributed by atoms with E-state index in [1.807, 2.05) is 49.9 Å². The molecule has 8 nitrogen and oxygen atoms in total. The predicted molar refractivity (Wildman–Crippen MR) is 149 cm³/mol. The molecule has 1 atom stereocenters. The van der Waals surface area contributed by atoms with Crippen LogP contribution in [0.15, 0.2) is 48.5 Å². The second-order valence-electron chi connectivity index (χ2n) is 11.5. The van der Waals surface area contributed by atoms with E-state index >= 15 is 0 Å². The molecule has 0 bridgehead atoms. The lowest BCUT2D eigenvalue weighted by molar-refractivity contribution is -0.145. The van der Waals surface area contributed by atoms with Gasteiger partial charge >= 0.3 is 6.09 Å². The molecule has 9 heteroatoms. The van der Waals surface area contributed by atoms with Gasteiger partial charge in [0.2, 0.25) is 5.91 Å². The van der Waals surface area contributed by atoms with Crippen molar-refractivity contribution in [3.63, 3.8) is 0 Å². The number of hydrogen-bond donors (Lipinski definition) is 0. The zero-order valence-electron chi connectivity index (χ0n) is 23.9. The summed E-state index contributed by atoms with van der Waals surface area (Å²) in [4.78, 5) is 30.2. The van der Waals surface area contributed by atoms with Crippen LogP contribution in [0.1, 0.15) is 52.0 Å². The Labute approximate surface area is 236 Å². The third-order valence-corrected chi connectivity index (χ3v) is 7.33. The number of carbonyl (C=O) groups excluding carboxylic acids is 2. The van der Waals surface area contributed by atoms with Gasteiger partial charge in [-0.15, -0.1) is 0 Å².